The number of nitrogens with zero attached hydrogens (tertiary/aromatic N) is 3. The number of alkyl halides is 1. The van der Waals surface area contributed by atoms with E-state index in [2.05, 4.69) is 40.9 Å². The average Bonchev–Trinajstić information content (AvgIpc) is 2.89. The molecule has 106 valence electrons. The lowest BCUT2D eigenvalue weighted by atomic mass is 10.1. The van der Waals surface area contributed by atoms with E-state index in [-0.39, 0.29) is 10.6 Å². The van der Waals surface area contributed by atoms with Gasteiger partial charge in [-0.1, -0.05) is 29.8 Å². The molecule has 0 spiro atoms. The number of rotatable bonds is 5. The van der Waals surface area contributed by atoms with Crippen LogP contribution in [0.4, 0.5) is 5.69 Å². The minimum atomic E-state index is -0.378. The predicted octanol–water partition coefficient (Wildman–Crippen LogP) is 3.80. The molecule has 0 unspecified atom stereocenters. The number of hydrogen-bond donors (Lipinski definition) is 0. The number of benzene rings is 1. The van der Waals surface area contributed by atoms with Gasteiger partial charge < -0.3 is 0 Å². The summed E-state index contributed by atoms with van der Waals surface area (Å²) in [5.41, 5.74) is 3.99. The van der Waals surface area contributed by atoms with Crippen LogP contribution in [0.2, 0.25) is 0 Å². The highest BCUT2D eigenvalue weighted by molar-refractivity contribution is 9.08. The summed E-state index contributed by atoms with van der Waals surface area (Å²) in [6.45, 7) is 4.14. The van der Waals surface area contributed by atoms with Gasteiger partial charge in [0.2, 0.25) is 0 Å². The first-order chi connectivity index (χ1) is 9.60. The molecule has 1 heterocycles. The van der Waals surface area contributed by atoms with E-state index in [9.17, 15) is 10.1 Å². The molecule has 6 heteroatoms. The molecule has 1 aromatic carbocycles. The van der Waals surface area contributed by atoms with Crippen LogP contribution in [0.25, 0.3) is 5.69 Å². The highest BCUT2D eigenvalue weighted by atomic mass is 79.9. The minimum absolute atomic E-state index is 0.101. The van der Waals surface area contributed by atoms with Crippen molar-refractivity contribution in [2.75, 3.05) is 0 Å². The normalized spacial score (nSPS) is 10.8. The molecule has 0 bridgehead atoms. The van der Waals surface area contributed by atoms with Crippen molar-refractivity contribution in [3.05, 3.63) is 51.3 Å². The Hall–Kier alpha value is -1.69. The van der Waals surface area contributed by atoms with Crippen molar-refractivity contribution in [2.24, 2.45) is 0 Å². The van der Waals surface area contributed by atoms with Crippen molar-refractivity contribution in [3.8, 4) is 5.69 Å². The van der Waals surface area contributed by atoms with E-state index in [1.54, 1.807) is 12.1 Å². The zero-order valence-corrected chi connectivity index (χ0v) is 13.1. The molecule has 0 saturated heterocycles. The van der Waals surface area contributed by atoms with E-state index >= 15 is 0 Å². The van der Waals surface area contributed by atoms with Gasteiger partial charge in [-0.25, -0.2) is 4.68 Å². The van der Waals surface area contributed by atoms with E-state index in [0.29, 0.717) is 5.33 Å². The van der Waals surface area contributed by atoms with Gasteiger partial charge in [-0.05, 0) is 30.5 Å². The lowest BCUT2D eigenvalue weighted by molar-refractivity contribution is -0.384. The van der Waals surface area contributed by atoms with Crippen LogP contribution in [0, 0.1) is 10.1 Å². The molecule has 0 atom stereocenters. The quantitative estimate of drug-likeness (QED) is 0.473. The smallest absolute Gasteiger partial charge is 0.258 e. The second-order valence-corrected chi connectivity index (χ2v) is 5.01. The maximum Gasteiger partial charge on any atom is 0.269 e. The van der Waals surface area contributed by atoms with E-state index in [1.807, 2.05) is 4.68 Å². The first-order valence-corrected chi connectivity index (χ1v) is 7.64. The molecule has 0 saturated carbocycles. The zero-order chi connectivity index (χ0) is 14.7. The van der Waals surface area contributed by atoms with Crippen LogP contribution in [-0.4, -0.2) is 14.7 Å². The molecule has 0 aliphatic heterocycles. The van der Waals surface area contributed by atoms with Crippen molar-refractivity contribution in [1.29, 1.82) is 0 Å². The van der Waals surface area contributed by atoms with Gasteiger partial charge >= 0.3 is 0 Å². The fraction of sp³-hybridized carbons (Fsp3) is 0.357. The first-order valence-electron chi connectivity index (χ1n) is 6.52. The second kappa shape index (κ2) is 6.17. The molecule has 20 heavy (non-hydrogen) atoms. The number of aromatic nitrogens is 2. The molecule has 0 aliphatic rings. The Kier molecular flexibility index (Phi) is 4.54. The largest absolute Gasteiger partial charge is 0.269 e. The molecule has 0 fully saturated rings. The Bertz CT molecular complexity index is 637. The molecule has 2 aromatic rings. The summed E-state index contributed by atoms with van der Waals surface area (Å²) in [5.74, 6) is 0. The van der Waals surface area contributed by atoms with Crippen LogP contribution in [0.5, 0.6) is 0 Å². The van der Waals surface area contributed by atoms with Crippen molar-refractivity contribution in [2.45, 2.75) is 32.0 Å². The number of non-ortho nitro benzene ring substituents is 1. The van der Waals surface area contributed by atoms with Gasteiger partial charge in [-0.15, -0.1) is 0 Å². The van der Waals surface area contributed by atoms with Gasteiger partial charge in [0, 0.05) is 23.2 Å². The lowest BCUT2D eigenvalue weighted by Crippen LogP contribution is -2.05. The van der Waals surface area contributed by atoms with Crippen molar-refractivity contribution >= 4 is 21.6 Å². The van der Waals surface area contributed by atoms with Crippen molar-refractivity contribution in [3.63, 3.8) is 0 Å². The Morgan fingerprint density at radius 2 is 2.05 bits per heavy atom. The number of hydrogen-bond acceptors (Lipinski definition) is 3. The van der Waals surface area contributed by atoms with Crippen LogP contribution in [-0.2, 0) is 18.2 Å². The predicted molar refractivity (Wildman–Crippen MR) is 81.6 cm³/mol. The van der Waals surface area contributed by atoms with Crippen molar-refractivity contribution in [1.82, 2.24) is 9.78 Å². The molecule has 0 N–H and O–H groups in total. The summed E-state index contributed by atoms with van der Waals surface area (Å²) in [7, 11) is 0. The van der Waals surface area contributed by atoms with E-state index in [0.717, 1.165) is 35.5 Å². The fourth-order valence-electron chi connectivity index (χ4n) is 2.11. The summed E-state index contributed by atoms with van der Waals surface area (Å²) in [6, 6.07) is 6.96. The third-order valence-electron chi connectivity index (χ3n) is 3.20. The van der Waals surface area contributed by atoms with Gasteiger partial charge in [0.05, 0.1) is 16.3 Å². The van der Waals surface area contributed by atoms with Crippen LogP contribution < -0.4 is 0 Å². The van der Waals surface area contributed by atoms with Crippen LogP contribution in [0.15, 0.2) is 24.3 Å². The van der Waals surface area contributed by atoms with Crippen molar-refractivity contribution < 1.29 is 4.92 Å². The Balaban J connectivity index is 2.57. The summed E-state index contributed by atoms with van der Waals surface area (Å²) in [4.78, 5) is 10.5. The molecule has 0 aliphatic carbocycles. The highest BCUT2D eigenvalue weighted by Gasteiger charge is 2.14. The van der Waals surface area contributed by atoms with E-state index in [4.69, 9.17) is 0 Å². The number of nitro groups is 1. The van der Waals surface area contributed by atoms with Crippen LogP contribution in [0.1, 0.15) is 30.8 Å². The Morgan fingerprint density at radius 1 is 1.30 bits per heavy atom. The third kappa shape index (κ3) is 2.75. The Morgan fingerprint density at radius 3 is 2.60 bits per heavy atom. The average molecular weight is 338 g/mol. The zero-order valence-electron chi connectivity index (χ0n) is 11.5. The Labute approximate surface area is 125 Å². The lowest BCUT2D eigenvalue weighted by Gasteiger charge is -2.10. The van der Waals surface area contributed by atoms with Gasteiger partial charge in [-0.2, -0.15) is 5.10 Å². The molecular weight excluding hydrogens is 322 g/mol. The number of nitro benzene ring substituents is 1. The minimum Gasteiger partial charge on any atom is -0.258 e. The van der Waals surface area contributed by atoms with Gasteiger partial charge in [0.1, 0.15) is 0 Å². The monoisotopic (exact) mass is 337 g/mol. The summed E-state index contributed by atoms with van der Waals surface area (Å²) < 4.78 is 1.89. The molecule has 2 rings (SSSR count). The SMILES string of the molecule is CCc1cc(CC)n(-c2ccc([N+](=O)[O-])cc2CBr)n1. The second-order valence-electron chi connectivity index (χ2n) is 4.45. The summed E-state index contributed by atoms with van der Waals surface area (Å²) in [6.07, 6.45) is 1.74. The van der Waals surface area contributed by atoms with Crippen LogP contribution >= 0.6 is 15.9 Å². The van der Waals surface area contributed by atoms with Gasteiger partial charge in [0.15, 0.2) is 0 Å². The fourth-order valence-corrected chi connectivity index (χ4v) is 2.56. The third-order valence-corrected chi connectivity index (χ3v) is 3.81. The van der Waals surface area contributed by atoms with Gasteiger partial charge in [-0.3, -0.25) is 10.1 Å². The van der Waals surface area contributed by atoms with Crippen LogP contribution in [0.3, 0.4) is 0 Å². The van der Waals surface area contributed by atoms with E-state index < -0.39 is 0 Å². The topological polar surface area (TPSA) is 61.0 Å². The number of halogens is 1. The maximum absolute atomic E-state index is 10.9. The first kappa shape index (κ1) is 14.7. The standard InChI is InChI=1S/C14H16BrN3O2/c1-3-11-8-12(4-2)17(16-11)14-6-5-13(18(19)20)7-10(14)9-15/h5-8H,3-4,9H2,1-2H3. The summed E-state index contributed by atoms with van der Waals surface area (Å²) >= 11 is 3.40. The highest BCUT2D eigenvalue weighted by Crippen LogP contribution is 2.24. The van der Waals surface area contributed by atoms with Gasteiger partial charge in [0.25, 0.3) is 5.69 Å². The molecule has 0 radical (unpaired) electrons. The molecule has 5 nitrogen and oxygen atoms in total. The number of aryl methyl sites for hydroxylation is 2. The molecular formula is C14H16BrN3O2. The molecule has 1 aromatic heterocycles. The maximum atomic E-state index is 10.9. The summed E-state index contributed by atoms with van der Waals surface area (Å²) in [5, 5.41) is 16.0. The van der Waals surface area contributed by atoms with E-state index in [1.165, 1.54) is 6.07 Å². The molecule has 0 amide bonds.